The van der Waals surface area contributed by atoms with Crippen molar-refractivity contribution in [2.75, 3.05) is 50.9 Å². The average molecular weight is 346 g/mol. The van der Waals surface area contributed by atoms with Crippen LogP contribution in [0.2, 0.25) is 0 Å². The quantitative estimate of drug-likeness (QED) is 0.799. The third-order valence-corrected chi connectivity index (χ3v) is 5.62. The van der Waals surface area contributed by atoms with Crippen LogP contribution < -0.4 is 4.90 Å². The fourth-order valence-corrected chi connectivity index (χ4v) is 4.10. The number of carbonyl (C=O) groups is 1. The first-order valence-corrected chi connectivity index (χ1v) is 9.26. The molecule has 3 saturated heterocycles. The Kier molecular flexibility index (Phi) is 4.85. The number of aromatic nitrogens is 2. The number of anilines is 1. The van der Waals surface area contributed by atoms with Gasteiger partial charge in [0.05, 0.1) is 13.2 Å². The van der Waals surface area contributed by atoms with E-state index in [9.17, 15) is 4.79 Å². The van der Waals surface area contributed by atoms with Crippen molar-refractivity contribution in [2.45, 2.75) is 31.8 Å². The van der Waals surface area contributed by atoms with Crippen molar-refractivity contribution < 1.29 is 14.3 Å². The lowest BCUT2D eigenvalue weighted by Gasteiger charge is -2.43. The van der Waals surface area contributed by atoms with Crippen LogP contribution in [0.1, 0.15) is 25.7 Å². The van der Waals surface area contributed by atoms with Crippen LogP contribution in [0.5, 0.6) is 0 Å². The molecule has 7 heteroatoms. The van der Waals surface area contributed by atoms with Gasteiger partial charge in [0.15, 0.2) is 0 Å². The summed E-state index contributed by atoms with van der Waals surface area (Å²) in [5.74, 6) is 0.940. The van der Waals surface area contributed by atoms with E-state index in [-0.39, 0.29) is 17.4 Å². The molecule has 0 saturated carbocycles. The van der Waals surface area contributed by atoms with Gasteiger partial charge >= 0.3 is 0 Å². The molecule has 1 spiro atoms. The highest BCUT2D eigenvalue weighted by Crippen LogP contribution is 2.35. The normalized spacial score (nSPS) is 26.6. The summed E-state index contributed by atoms with van der Waals surface area (Å²) >= 11 is 0. The summed E-state index contributed by atoms with van der Waals surface area (Å²) in [6.45, 7) is 5.42. The highest BCUT2D eigenvalue weighted by molar-refractivity contribution is 5.81. The molecule has 1 aromatic heterocycles. The standard InChI is InChI=1S/C18H26N4O3/c23-16(15-3-1-11-25-15)21-8-4-18(5-9-21)13-22(10-12-24-14-18)17-19-6-2-7-20-17/h2,6-7,15H,1,3-5,8-14H2/t15-/m0/s1. The van der Waals surface area contributed by atoms with Gasteiger partial charge in [0, 0.05) is 50.6 Å². The summed E-state index contributed by atoms with van der Waals surface area (Å²) in [6.07, 6.45) is 7.11. The maximum Gasteiger partial charge on any atom is 0.251 e. The lowest BCUT2D eigenvalue weighted by Crippen LogP contribution is -2.51. The van der Waals surface area contributed by atoms with Gasteiger partial charge in [-0.2, -0.15) is 0 Å². The third kappa shape index (κ3) is 3.62. The average Bonchev–Trinajstić information content (AvgIpc) is 3.12. The molecule has 4 rings (SSSR count). The van der Waals surface area contributed by atoms with Gasteiger partial charge in [0.2, 0.25) is 5.95 Å². The van der Waals surface area contributed by atoms with E-state index in [1.807, 2.05) is 11.0 Å². The van der Waals surface area contributed by atoms with E-state index in [1.54, 1.807) is 12.4 Å². The second kappa shape index (κ2) is 7.25. The van der Waals surface area contributed by atoms with Crippen LogP contribution in [0, 0.1) is 5.41 Å². The highest BCUT2D eigenvalue weighted by Gasteiger charge is 2.41. The summed E-state index contributed by atoms with van der Waals surface area (Å²) in [6, 6.07) is 1.84. The van der Waals surface area contributed by atoms with Crippen LogP contribution >= 0.6 is 0 Å². The number of piperidine rings is 1. The number of hydrogen-bond donors (Lipinski definition) is 0. The fourth-order valence-electron chi connectivity index (χ4n) is 4.10. The summed E-state index contributed by atoms with van der Waals surface area (Å²) in [4.78, 5) is 25.6. The zero-order chi connectivity index (χ0) is 17.1. The molecule has 7 nitrogen and oxygen atoms in total. The topological polar surface area (TPSA) is 67.8 Å². The van der Waals surface area contributed by atoms with Crippen molar-refractivity contribution in [2.24, 2.45) is 5.41 Å². The van der Waals surface area contributed by atoms with Gasteiger partial charge in [-0.3, -0.25) is 4.79 Å². The Hall–Kier alpha value is -1.73. The highest BCUT2D eigenvalue weighted by atomic mass is 16.5. The predicted octanol–water partition coefficient (Wildman–Crippen LogP) is 1.10. The van der Waals surface area contributed by atoms with Crippen molar-refractivity contribution >= 4 is 11.9 Å². The first-order valence-electron chi connectivity index (χ1n) is 9.26. The third-order valence-electron chi connectivity index (χ3n) is 5.62. The van der Waals surface area contributed by atoms with Gasteiger partial charge in [0.1, 0.15) is 6.10 Å². The molecular formula is C18H26N4O3. The minimum Gasteiger partial charge on any atom is -0.379 e. The van der Waals surface area contributed by atoms with E-state index >= 15 is 0 Å². The van der Waals surface area contributed by atoms with Crippen molar-refractivity contribution in [1.82, 2.24) is 14.9 Å². The van der Waals surface area contributed by atoms with Crippen LogP contribution in [0.4, 0.5) is 5.95 Å². The Morgan fingerprint density at radius 3 is 2.68 bits per heavy atom. The summed E-state index contributed by atoms with van der Waals surface area (Å²) in [5.41, 5.74) is 0.0724. The maximum atomic E-state index is 12.6. The lowest BCUT2D eigenvalue weighted by molar-refractivity contribution is -0.143. The smallest absolute Gasteiger partial charge is 0.251 e. The second-order valence-corrected chi connectivity index (χ2v) is 7.35. The Bertz CT molecular complexity index is 583. The maximum absolute atomic E-state index is 12.6. The molecule has 25 heavy (non-hydrogen) atoms. The summed E-state index contributed by atoms with van der Waals surface area (Å²) in [5, 5.41) is 0. The molecule has 3 fully saturated rings. The lowest BCUT2D eigenvalue weighted by atomic mass is 9.78. The van der Waals surface area contributed by atoms with E-state index in [0.717, 1.165) is 64.4 Å². The van der Waals surface area contributed by atoms with Crippen molar-refractivity contribution in [1.29, 1.82) is 0 Å². The summed E-state index contributed by atoms with van der Waals surface area (Å²) in [7, 11) is 0. The zero-order valence-electron chi connectivity index (χ0n) is 14.6. The number of amides is 1. The number of carbonyl (C=O) groups excluding carboxylic acids is 1. The number of rotatable bonds is 2. The molecule has 4 heterocycles. The van der Waals surface area contributed by atoms with Gasteiger partial charge in [-0.25, -0.2) is 9.97 Å². The summed E-state index contributed by atoms with van der Waals surface area (Å²) < 4.78 is 11.5. The zero-order valence-corrected chi connectivity index (χ0v) is 14.6. The number of hydrogen-bond acceptors (Lipinski definition) is 6. The molecule has 1 atom stereocenters. The SMILES string of the molecule is O=C([C@@H]1CCCO1)N1CCC2(CC1)COCCN(c1ncccn1)C2. The van der Waals surface area contributed by atoms with E-state index in [2.05, 4.69) is 14.9 Å². The van der Waals surface area contributed by atoms with E-state index in [4.69, 9.17) is 9.47 Å². The molecule has 0 N–H and O–H groups in total. The number of nitrogens with zero attached hydrogens (tertiary/aromatic N) is 4. The van der Waals surface area contributed by atoms with Crippen LogP contribution in [-0.4, -0.2) is 72.9 Å². The molecule has 136 valence electrons. The van der Waals surface area contributed by atoms with Gasteiger partial charge in [-0.05, 0) is 31.7 Å². The van der Waals surface area contributed by atoms with Crippen molar-refractivity contribution in [3.05, 3.63) is 18.5 Å². The molecular weight excluding hydrogens is 320 g/mol. The number of ether oxygens (including phenoxy) is 2. The van der Waals surface area contributed by atoms with Gasteiger partial charge in [0.25, 0.3) is 5.91 Å². The van der Waals surface area contributed by atoms with E-state index in [0.29, 0.717) is 13.2 Å². The largest absolute Gasteiger partial charge is 0.379 e. The van der Waals surface area contributed by atoms with E-state index in [1.165, 1.54) is 0 Å². The van der Waals surface area contributed by atoms with Crippen molar-refractivity contribution in [3.8, 4) is 0 Å². The molecule has 1 amide bonds. The molecule has 0 unspecified atom stereocenters. The minimum absolute atomic E-state index is 0.0724. The molecule has 1 aromatic rings. The van der Waals surface area contributed by atoms with Crippen molar-refractivity contribution in [3.63, 3.8) is 0 Å². The number of likely N-dealkylation sites (tertiary alicyclic amines) is 1. The van der Waals surface area contributed by atoms with Crippen LogP contribution in [-0.2, 0) is 14.3 Å². The van der Waals surface area contributed by atoms with Gasteiger partial charge < -0.3 is 19.3 Å². The molecule has 0 aromatic carbocycles. The Morgan fingerprint density at radius 2 is 1.96 bits per heavy atom. The second-order valence-electron chi connectivity index (χ2n) is 7.35. The molecule has 3 aliphatic rings. The minimum atomic E-state index is -0.214. The predicted molar refractivity (Wildman–Crippen MR) is 92.3 cm³/mol. The van der Waals surface area contributed by atoms with Gasteiger partial charge in [-0.15, -0.1) is 0 Å². The van der Waals surface area contributed by atoms with Crippen LogP contribution in [0.3, 0.4) is 0 Å². The molecule has 0 radical (unpaired) electrons. The first-order chi connectivity index (χ1) is 12.3. The molecule has 0 aliphatic carbocycles. The molecule has 3 aliphatic heterocycles. The fraction of sp³-hybridized carbons (Fsp3) is 0.722. The van der Waals surface area contributed by atoms with Crippen LogP contribution in [0.15, 0.2) is 18.5 Å². The Balaban J connectivity index is 1.41. The van der Waals surface area contributed by atoms with Gasteiger partial charge in [-0.1, -0.05) is 0 Å². The first kappa shape index (κ1) is 16.7. The monoisotopic (exact) mass is 346 g/mol. The van der Waals surface area contributed by atoms with Crippen LogP contribution in [0.25, 0.3) is 0 Å². The van der Waals surface area contributed by atoms with E-state index < -0.39 is 0 Å². The Morgan fingerprint density at radius 1 is 1.16 bits per heavy atom. The molecule has 0 bridgehead atoms. The Labute approximate surface area is 148 Å².